The number of aromatic nitrogens is 3. The van der Waals surface area contributed by atoms with Crippen LogP contribution in [0, 0.1) is 0 Å². The van der Waals surface area contributed by atoms with Crippen molar-refractivity contribution in [1.82, 2.24) is 14.8 Å². The normalized spacial score (nSPS) is 18.1. The van der Waals surface area contributed by atoms with E-state index < -0.39 is 10.0 Å². The van der Waals surface area contributed by atoms with Gasteiger partial charge in [-0.1, -0.05) is 18.2 Å². The lowest BCUT2D eigenvalue weighted by Crippen LogP contribution is -2.24. The molecule has 2 aromatic heterocycles. The lowest BCUT2D eigenvalue weighted by Gasteiger charge is -2.22. The van der Waals surface area contributed by atoms with Crippen LogP contribution >= 0.6 is 0 Å². The predicted molar refractivity (Wildman–Crippen MR) is 98.4 cm³/mol. The van der Waals surface area contributed by atoms with Crippen molar-refractivity contribution in [2.75, 3.05) is 11.3 Å². The molecular weight excluding hydrogens is 352 g/mol. The number of ether oxygens (including phenoxy) is 1. The highest BCUT2D eigenvalue weighted by Gasteiger charge is 2.20. The van der Waals surface area contributed by atoms with Gasteiger partial charge in [-0.2, -0.15) is 5.10 Å². The summed E-state index contributed by atoms with van der Waals surface area (Å²) in [6.07, 6.45) is 8.17. The maximum absolute atomic E-state index is 12.8. The summed E-state index contributed by atoms with van der Waals surface area (Å²) in [5.74, 6) is 0. The average molecular weight is 372 g/mol. The molecule has 0 amide bonds. The molecule has 26 heavy (non-hydrogen) atoms. The third-order valence-electron chi connectivity index (χ3n) is 4.44. The largest absolute Gasteiger partial charge is 0.376 e. The van der Waals surface area contributed by atoms with Crippen molar-refractivity contribution in [3.8, 4) is 0 Å². The number of fused-ring (bicyclic) bond motifs is 1. The smallest absolute Gasteiger partial charge is 0.264 e. The molecule has 0 radical (unpaired) electrons. The fraction of sp³-hybridized carbons (Fsp3) is 0.333. The first-order valence-corrected chi connectivity index (χ1v) is 10.1. The van der Waals surface area contributed by atoms with Gasteiger partial charge < -0.3 is 4.74 Å². The molecule has 1 saturated heterocycles. The first-order valence-electron chi connectivity index (χ1n) is 8.62. The summed E-state index contributed by atoms with van der Waals surface area (Å²) in [4.78, 5) is 4.37. The maximum Gasteiger partial charge on any atom is 0.264 e. The van der Waals surface area contributed by atoms with E-state index in [1.165, 1.54) is 6.20 Å². The van der Waals surface area contributed by atoms with Crippen LogP contribution in [0.25, 0.3) is 10.9 Å². The number of pyridine rings is 1. The Hall–Kier alpha value is -2.45. The Labute approximate surface area is 152 Å². The number of hydrogen-bond acceptors (Lipinski definition) is 5. The van der Waals surface area contributed by atoms with Crippen molar-refractivity contribution in [2.24, 2.45) is 0 Å². The van der Waals surface area contributed by atoms with Crippen molar-refractivity contribution < 1.29 is 13.2 Å². The number of para-hydroxylation sites is 1. The number of nitrogens with zero attached hydrogens (tertiary/aromatic N) is 3. The molecule has 0 aliphatic carbocycles. The van der Waals surface area contributed by atoms with E-state index in [1.54, 1.807) is 35.3 Å². The van der Waals surface area contributed by atoms with E-state index in [9.17, 15) is 8.42 Å². The van der Waals surface area contributed by atoms with E-state index >= 15 is 0 Å². The molecule has 1 atom stereocenters. The average Bonchev–Trinajstić information content (AvgIpc) is 3.08. The summed E-state index contributed by atoms with van der Waals surface area (Å²) < 4.78 is 35.6. The monoisotopic (exact) mass is 372 g/mol. The van der Waals surface area contributed by atoms with E-state index in [0.717, 1.165) is 31.3 Å². The molecule has 0 spiro atoms. The highest BCUT2D eigenvalue weighted by molar-refractivity contribution is 7.93. The first kappa shape index (κ1) is 17.0. The highest BCUT2D eigenvalue weighted by atomic mass is 32.2. The van der Waals surface area contributed by atoms with E-state index in [1.807, 2.05) is 12.1 Å². The summed E-state index contributed by atoms with van der Waals surface area (Å²) in [5, 5.41) is 5.02. The third-order valence-corrected chi connectivity index (χ3v) is 5.85. The molecule has 1 aliphatic rings. The SMILES string of the molecule is O=S(=O)(Nc1cnn(CC2CCCCO2)c1)c1cccc2cccnc12. The Kier molecular flexibility index (Phi) is 4.60. The van der Waals surface area contributed by atoms with Crippen LogP contribution in [0.3, 0.4) is 0 Å². The van der Waals surface area contributed by atoms with E-state index in [-0.39, 0.29) is 11.0 Å². The zero-order chi connectivity index (χ0) is 18.0. The van der Waals surface area contributed by atoms with Crippen LogP contribution in [0.4, 0.5) is 5.69 Å². The Morgan fingerprint density at radius 2 is 2.12 bits per heavy atom. The summed E-state index contributed by atoms with van der Waals surface area (Å²) in [7, 11) is -3.76. The number of rotatable bonds is 5. The van der Waals surface area contributed by atoms with Gasteiger partial charge in [0.05, 0.1) is 30.0 Å². The topological polar surface area (TPSA) is 86.1 Å². The summed E-state index contributed by atoms with van der Waals surface area (Å²) in [6.45, 7) is 1.40. The fourth-order valence-corrected chi connectivity index (χ4v) is 4.39. The van der Waals surface area contributed by atoms with Crippen molar-refractivity contribution in [1.29, 1.82) is 0 Å². The minimum atomic E-state index is -3.76. The molecule has 1 fully saturated rings. The van der Waals surface area contributed by atoms with E-state index in [0.29, 0.717) is 17.7 Å². The molecule has 136 valence electrons. The van der Waals surface area contributed by atoms with Gasteiger partial charge in [0.2, 0.25) is 0 Å². The summed E-state index contributed by atoms with van der Waals surface area (Å²) in [6, 6.07) is 8.72. The van der Waals surface area contributed by atoms with Crippen molar-refractivity contribution >= 4 is 26.6 Å². The third kappa shape index (κ3) is 3.56. The second kappa shape index (κ2) is 7.05. The quantitative estimate of drug-likeness (QED) is 0.744. The van der Waals surface area contributed by atoms with Gasteiger partial charge in [0.15, 0.2) is 0 Å². The van der Waals surface area contributed by atoms with Crippen LogP contribution in [0.15, 0.2) is 53.8 Å². The minimum absolute atomic E-state index is 0.135. The molecule has 0 bridgehead atoms. The maximum atomic E-state index is 12.8. The molecule has 1 aromatic carbocycles. The lowest BCUT2D eigenvalue weighted by molar-refractivity contribution is 0.00401. The predicted octanol–water partition coefficient (Wildman–Crippen LogP) is 2.80. The molecule has 1 unspecified atom stereocenters. The fourth-order valence-electron chi connectivity index (χ4n) is 3.18. The molecule has 7 nitrogen and oxygen atoms in total. The van der Waals surface area contributed by atoms with Crippen LogP contribution in [0.2, 0.25) is 0 Å². The van der Waals surface area contributed by atoms with E-state index in [4.69, 9.17) is 4.74 Å². The highest BCUT2D eigenvalue weighted by Crippen LogP contribution is 2.23. The van der Waals surface area contributed by atoms with Gasteiger partial charge in [0.1, 0.15) is 4.90 Å². The zero-order valence-electron chi connectivity index (χ0n) is 14.2. The van der Waals surface area contributed by atoms with Gasteiger partial charge in [-0.05, 0) is 31.4 Å². The molecule has 3 aromatic rings. The Morgan fingerprint density at radius 1 is 1.23 bits per heavy atom. The Morgan fingerprint density at radius 3 is 2.96 bits per heavy atom. The standard InChI is InChI=1S/C18H20N4O3S/c23-26(24,17-8-3-5-14-6-4-9-19-18(14)17)21-15-11-20-22(12-15)13-16-7-1-2-10-25-16/h3-6,8-9,11-12,16,21H,1-2,7,10,13H2. The van der Waals surface area contributed by atoms with Gasteiger partial charge in [-0.15, -0.1) is 0 Å². The summed E-state index contributed by atoms with van der Waals surface area (Å²) in [5.41, 5.74) is 0.874. The molecule has 1 aliphatic heterocycles. The lowest BCUT2D eigenvalue weighted by atomic mass is 10.1. The molecule has 1 N–H and O–H groups in total. The number of anilines is 1. The van der Waals surface area contributed by atoms with Crippen molar-refractivity contribution in [3.63, 3.8) is 0 Å². The first-order chi connectivity index (χ1) is 12.6. The second-order valence-electron chi connectivity index (χ2n) is 6.38. The van der Waals surface area contributed by atoms with Gasteiger partial charge in [-0.3, -0.25) is 14.4 Å². The van der Waals surface area contributed by atoms with Gasteiger partial charge in [-0.25, -0.2) is 8.42 Å². The Bertz CT molecular complexity index is 1000. The second-order valence-corrected chi connectivity index (χ2v) is 8.03. The molecule has 0 saturated carbocycles. The van der Waals surface area contributed by atoms with Crippen LogP contribution in [-0.4, -0.2) is 35.9 Å². The van der Waals surface area contributed by atoms with Crippen LogP contribution in [0.1, 0.15) is 19.3 Å². The molecule has 4 rings (SSSR count). The van der Waals surface area contributed by atoms with Gasteiger partial charge in [0, 0.05) is 24.4 Å². The molecule has 8 heteroatoms. The van der Waals surface area contributed by atoms with Crippen molar-refractivity contribution in [3.05, 3.63) is 48.9 Å². The van der Waals surface area contributed by atoms with Gasteiger partial charge >= 0.3 is 0 Å². The van der Waals surface area contributed by atoms with Crippen LogP contribution in [0.5, 0.6) is 0 Å². The van der Waals surface area contributed by atoms with E-state index in [2.05, 4.69) is 14.8 Å². The van der Waals surface area contributed by atoms with Crippen LogP contribution in [-0.2, 0) is 21.3 Å². The summed E-state index contributed by atoms with van der Waals surface area (Å²) >= 11 is 0. The van der Waals surface area contributed by atoms with Crippen LogP contribution < -0.4 is 4.72 Å². The number of nitrogens with one attached hydrogen (secondary N) is 1. The van der Waals surface area contributed by atoms with Gasteiger partial charge in [0.25, 0.3) is 10.0 Å². The molecular formula is C18H20N4O3S. The van der Waals surface area contributed by atoms with Crippen molar-refractivity contribution in [2.45, 2.75) is 36.8 Å². The molecule has 3 heterocycles. The number of benzene rings is 1. The number of hydrogen-bond donors (Lipinski definition) is 1. The number of sulfonamides is 1. The zero-order valence-corrected chi connectivity index (χ0v) is 15.0. The Balaban J connectivity index is 1.54. The minimum Gasteiger partial charge on any atom is -0.376 e.